The fraction of sp³-hybridized carbons (Fsp3) is 0.0714. The van der Waals surface area contributed by atoms with E-state index in [2.05, 4.69) is 10.3 Å². The van der Waals surface area contributed by atoms with Gasteiger partial charge in [0.05, 0.1) is 34.7 Å². The van der Waals surface area contributed by atoms with E-state index in [0.717, 1.165) is 0 Å². The number of nitrogens with two attached hydrogens (primary N) is 1. The van der Waals surface area contributed by atoms with Gasteiger partial charge in [0.15, 0.2) is 0 Å². The number of nitrogens with one attached hydrogen (secondary N) is 1. The zero-order chi connectivity index (χ0) is 15.4. The molecule has 0 aliphatic rings. The van der Waals surface area contributed by atoms with Crippen LogP contribution in [-0.4, -0.2) is 22.0 Å². The summed E-state index contributed by atoms with van der Waals surface area (Å²) in [6, 6.07) is 7.70. The highest BCUT2D eigenvalue weighted by atomic mass is 35.5. The molecule has 1 heterocycles. The van der Waals surface area contributed by atoms with E-state index in [-0.39, 0.29) is 12.3 Å². The van der Waals surface area contributed by atoms with Crippen molar-refractivity contribution >= 4 is 34.9 Å². The minimum absolute atomic E-state index is 0.165. The molecule has 0 aliphatic heterocycles. The van der Waals surface area contributed by atoms with Crippen LogP contribution in [0.4, 0.5) is 11.4 Å². The van der Waals surface area contributed by atoms with Gasteiger partial charge < -0.3 is 16.2 Å². The molecule has 0 bridgehead atoms. The first-order valence-corrected chi connectivity index (χ1v) is 6.36. The molecule has 7 heteroatoms. The van der Waals surface area contributed by atoms with E-state index in [0.29, 0.717) is 27.7 Å². The molecule has 108 valence electrons. The van der Waals surface area contributed by atoms with Gasteiger partial charge in [-0.3, -0.25) is 14.6 Å². The number of carboxylic acids is 1. The number of amides is 1. The van der Waals surface area contributed by atoms with Crippen molar-refractivity contribution in [1.29, 1.82) is 0 Å². The molecule has 2 aromatic rings. The van der Waals surface area contributed by atoms with Gasteiger partial charge in [0.2, 0.25) is 0 Å². The lowest BCUT2D eigenvalue weighted by atomic mass is 10.2. The van der Waals surface area contributed by atoms with Crippen LogP contribution in [0, 0.1) is 0 Å². The predicted molar refractivity (Wildman–Crippen MR) is 79.4 cm³/mol. The van der Waals surface area contributed by atoms with Gasteiger partial charge in [-0.25, -0.2) is 0 Å². The first-order valence-electron chi connectivity index (χ1n) is 5.99. The smallest absolute Gasteiger partial charge is 0.309 e. The summed E-state index contributed by atoms with van der Waals surface area (Å²) in [6.45, 7) is 0. The average molecular weight is 306 g/mol. The summed E-state index contributed by atoms with van der Waals surface area (Å²) in [5.74, 6) is -1.32. The Kier molecular flexibility index (Phi) is 4.39. The summed E-state index contributed by atoms with van der Waals surface area (Å²) in [4.78, 5) is 26.5. The van der Waals surface area contributed by atoms with Gasteiger partial charge in [0.1, 0.15) is 0 Å². The van der Waals surface area contributed by atoms with Gasteiger partial charge >= 0.3 is 5.97 Å². The molecule has 0 spiro atoms. The maximum absolute atomic E-state index is 12.0. The molecule has 0 saturated carbocycles. The van der Waals surface area contributed by atoms with E-state index in [1.807, 2.05) is 0 Å². The Morgan fingerprint density at radius 2 is 2.05 bits per heavy atom. The number of carbonyl (C=O) groups is 2. The molecule has 0 radical (unpaired) electrons. The van der Waals surface area contributed by atoms with Crippen LogP contribution in [0.3, 0.4) is 0 Å². The summed E-state index contributed by atoms with van der Waals surface area (Å²) >= 11 is 5.79. The second kappa shape index (κ2) is 6.23. The molecule has 21 heavy (non-hydrogen) atoms. The van der Waals surface area contributed by atoms with Crippen LogP contribution in [-0.2, 0) is 11.2 Å². The van der Waals surface area contributed by atoms with Crippen molar-refractivity contribution < 1.29 is 14.7 Å². The third-order valence-corrected chi connectivity index (χ3v) is 3.02. The number of nitrogens with zero attached hydrogens (tertiary/aromatic N) is 1. The Morgan fingerprint density at radius 3 is 2.62 bits per heavy atom. The standard InChI is InChI=1S/C14H12ClN3O3/c15-11-4-1-8(5-12(11)16)14(21)18-10-3-2-9(17-7-10)6-13(19)20/h1-5,7H,6,16H2,(H,18,21)(H,19,20). The number of aliphatic carboxylic acids is 1. The van der Waals surface area contributed by atoms with Crippen molar-refractivity contribution in [2.75, 3.05) is 11.1 Å². The van der Waals surface area contributed by atoms with Crippen LogP contribution < -0.4 is 11.1 Å². The quantitative estimate of drug-likeness (QED) is 0.751. The Balaban J connectivity index is 2.08. The second-order valence-electron chi connectivity index (χ2n) is 4.30. The Labute approximate surface area is 125 Å². The van der Waals surface area contributed by atoms with Gasteiger partial charge in [-0.2, -0.15) is 0 Å². The number of halogens is 1. The van der Waals surface area contributed by atoms with Crippen LogP contribution >= 0.6 is 11.6 Å². The van der Waals surface area contributed by atoms with Gasteiger partial charge in [0, 0.05) is 5.56 Å². The van der Waals surface area contributed by atoms with Crippen molar-refractivity contribution in [2.24, 2.45) is 0 Å². The maximum atomic E-state index is 12.0. The highest BCUT2D eigenvalue weighted by Gasteiger charge is 2.09. The lowest BCUT2D eigenvalue weighted by molar-refractivity contribution is -0.136. The minimum atomic E-state index is -0.962. The summed E-state index contributed by atoms with van der Waals surface area (Å²) in [5, 5.41) is 11.7. The number of carbonyl (C=O) groups excluding carboxylic acids is 1. The molecule has 6 nitrogen and oxygen atoms in total. The molecule has 4 N–H and O–H groups in total. The first kappa shape index (κ1) is 14.8. The van der Waals surface area contributed by atoms with Gasteiger partial charge in [-0.05, 0) is 30.3 Å². The zero-order valence-electron chi connectivity index (χ0n) is 10.8. The summed E-state index contributed by atoms with van der Waals surface area (Å²) < 4.78 is 0. The van der Waals surface area contributed by atoms with Crippen LogP contribution in [0.25, 0.3) is 0 Å². The maximum Gasteiger partial charge on any atom is 0.309 e. The van der Waals surface area contributed by atoms with E-state index < -0.39 is 5.97 Å². The van der Waals surface area contributed by atoms with Crippen LogP contribution in [0.5, 0.6) is 0 Å². The first-order chi connectivity index (χ1) is 9.95. The fourth-order valence-corrected chi connectivity index (χ4v) is 1.76. The topological polar surface area (TPSA) is 105 Å². The molecular formula is C14H12ClN3O3. The number of hydrogen-bond donors (Lipinski definition) is 3. The second-order valence-corrected chi connectivity index (χ2v) is 4.71. The molecule has 0 saturated heterocycles. The highest BCUT2D eigenvalue weighted by molar-refractivity contribution is 6.33. The predicted octanol–water partition coefficient (Wildman–Crippen LogP) is 2.20. The van der Waals surface area contributed by atoms with Gasteiger partial charge in [-0.1, -0.05) is 11.6 Å². The van der Waals surface area contributed by atoms with Crippen molar-refractivity contribution in [3.63, 3.8) is 0 Å². The Bertz CT molecular complexity index is 686. The number of benzene rings is 1. The van der Waals surface area contributed by atoms with Gasteiger partial charge in [0.25, 0.3) is 5.91 Å². The molecular weight excluding hydrogens is 294 g/mol. The average Bonchev–Trinajstić information content (AvgIpc) is 2.43. The van der Waals surface area contributed by atoms with Crippen molar-refractivity contribution in [3.05, 3.63) is 52.8 Å². The minimum Gasteiger partial charge on any atom is -0.481 e. The lowest BCUT2D eigenvalue weighted by Crippen LogP contribution is -2.12. The molecule has 1 aromatic heterocycles. The molecule has 0 fully saturated rings. The number of pyridine rings is 1. The number of nitrogen functional groups attached to an aromatic ring is 1. The number of carboxylic acid groups (broad SMARTS) is 1. The summed E-state index contributed by atoms with van der Waals surface area (Å²) in [5.41, 5.74) is 7.20. The SMILES string of the molecule is Nc1cc(C(=O)Nc2ccc(CC(=O)O)nc2)ccc1Cl. The highest BCUT2D eigenvalue weighted by Crippen LogP contribution is 2.20. The number of anilines is 2. The van der Waals surface area contributed by atoms with Gasteiger partial charge in [-0.15, -0.1) is 0 Å². The van der Waals surface area contributed by atoms with Crippen LogP contribution in [0.2, 0.25) is 5.02 Å². The van der Waals surface area contributed by atoms with Crippen molar-refractivity contribution in [1.82, 2.24) is 4.98 Å². The lowest BCUT2D eigenvalue weighted by Gasteiger charge is -2.07. The summed E-state index contributed by atoms with van der Waals surface area (Å²) in [6.07, 6.45) is 1.23. The third-order valence-electron chi connectivity index (χ3n) is 2.67. The Morgan fingerprint density at radius 1 is 1.29 bits per heavy atom. The van der Waals surface area contributed by atoms with E-state index >= 15 is 0 Å². The zero-order valence-corrected chi connectivity index (χ0v) is 11.6. The van der Waals surface area contributed by atoms with Crippen molar-refractivity contribution in [2.45, 2.75) is 6.42 Å². The monoisotopic (exact) mass is 305 g/mol. The third kappa shape index (κ3) is 3.93. The van der Waals surface area contributed by atoms with E-state index in [4.69, 9.17) is 22.4 Å². The van der Waals surface area contributed by atoms with Crippen molar-refractivity contribution in [3.8, 4) is 0 Å². The molecule has 2 rings (SSSR count). The normalized spacial score (nSPS) is 10.1. The van der Waals surface area contributed by atoms with Crippen LogP contribution in [0.15, 0.2) is 36.5 Å². The van der Waals surface area contributed by atoms with Crippen LogP contribution in [0.1, 0.15) is 16.1 Å². The largest absolute Gasteiger partial charge is 0.481 e. The fourth-order valence-electron chi connectivity index (χ4n) is 1.65. The number of aromatic nitrogens is 1. The molecule has 1 amide bonds. The van der Waals surface area contributed by atoms with E-state index in [1.165, 1.54) is 12.3 Å². The number of rotatable bonds is 4. The number of hydrogen-bond acceptors (Lipinski definition) is 4. The summed E-state index contributed by atoms with van der Waals surface area (Å²) in [7, 11) is 0. The molecule has 1 aromatic carbocycles. The molecule has 0 atom stereocenters. The van der Waals surface area contributed by atoms with E-state index in [9.17, 15) is 9.59 Å². The Hall–Kier alpha value is -2.60. The molecule has 0 unspecified atom stereocenters. The van der Waals surface area contributed by atoms with E-state index in [1.54, 1.807) is 24.3 Å². The molecule has 0 aliphatic carbocycles.